The predicted molar refractivity (Wildman–Crippen MR) is 101 cm³/mol. The molecular weight excluding hydrogens is 395 g/mol. The Bertz CT molecular complexity index is 907. The van der Waals surface area contributed by atoms with Gasteiger partial charge in [0.25, 0.3) is 0 Å². The van der Waals surface area contributed by atoms with Gasteiger partial charge >= 0.3 is 6.18 Å². The van der Waals surface area contributed by atoms with E-state index in [1.54, 1.807) is 6.07 Å². The molecule has 0 aliphatic carbocycles. The van der Waals surface area contributed by atoms with E-state index in [1.165, 1.54) is 44.5 Å². The van der Waals surface area contributed by atoms with Crippen molar-refractivity contribution in [1.29, 1.82) is 0 Å². The number of hydrogen-bond donors (Lipinski definition) is 1. The number of alkyl halides is 3. The van der Waals surface area contributed by atoms with Gasteiger partial charge in [-0.05, 0) is 11.8 Å². The van der Waals surface area contributed by atoms with E-state index in [2.05, 4.69) is 15.1 Å². The summed E-state index contributed by atoms with van der Waals surface area (Å²) in [5.41, 5.74) is 0.264. The summed E-state index contributed by atoms with van der Waals surface area (Å²) in [5.74, 6) is 0.537. The third-order valence-corrected chi connectivity index (χ3v) is 4.45. The minimum atomic E-state index is -4.60. The molecule has 0 amide bonds. The lowest BCUT2D eigenvalue weighted by molar-refractivity contribution is -0.106. The number of carbonyl (C=O) groups is 1. The van der Waals surface area contributed by atoms with Gasteiger partial charge in [0.05, 0.1) is 6.21 Å². The zero-order valence-corrected chi connectivity index (χ0v) is 16.1. The molecule has 0 saturated heterocycles. The Morgan fingerprint density at radius 2 is 2.14 bits per heavy atom. The minimum Gasteiger partial charge on any atom is -0.411 e. The number of hydrogen-bond acceptors (Lipinski definition) is 7. The van der Waals surface area contributed by atoms with Crippen LogP contribution in [0.15, 0.2) is 34.2 Å². The van der Waals surface area contributed by atoms with Crippen LogP contribution in [0, 0.1) is 0 Å². The van der Waals surface area contributed by atoms with Crippen LogP contribution in [0.2, 0.25) is 0 Å². The van der Waals surface area contributed by atoms with Crippen LogP contribution in [0.5, 0.6) is 0 Å². The number of oxime groups is 1. The van der Waals surface area contributed by atoms with Crippen molar-refractivity contribution in [2.24, 2.45) is 5.16 Å². The second-order valence-electron chi connectivity index (χ2n) is 5.71. The Morgan fingerprint density at radius 1 is 1.43 bits per heavy atom. The first kappa shape index (κ1) is 21.5. The SMILES string of the molecule is CCSc1cc(/C=N/O)cnc1-c1cn(C=O)c(/C=C(\N(C)C)C(F)(F)F)n1. The highest BCUT2D eigenvalue weighted by atomic mass is 32.2. The van der Waals surface area contributed by atoms with Gasteiger partial charge < -0.3 is 10.1 Å². The first-order valence-electron chi connectivity index (χ1n) is 8.02. The Morgan fingerprint density at radius 3 is 2.68 bits per heavy atom. The van der Waals surface area contributed by atoms with Crippen molar-refractivity contribution in [3.05, 3.63) is 35.5 Å². The first-order chi connectivity index (χ1) is 13.2. The van der Waals surface area contributed by atoms with Crippen molar-refractivity contribution in [3.8, 4) is 11.4 Å². The van der Waals surface area contributed by atoms with Crippen molar-refractivity contribution in [3.63, 3.8) is 0 Å². The summed E-state index contributed by atoms with van der Waals surface area (Å²) in [4.78, 5) is 21.4. The summed E-state index contributed by atoms with van der Waals surface area (Å²) < 4.78 is 40.6. The van der Waals surface area contributed by atoms with Crippen LogP contribution < -0.4 is 0 Å². The quantitative estimate of drug-likeness (QED) is 0.246. The van der Waals surface area contributed by atoms with Crippen LogP contribution in [0.1, 0.15) is 18.3 Å². The van der Waals surface area contributed by atoms with Crippen molar-refractivity contribution < 1.29 is 23.2 Å². The maximum atomic E-state index is 13.2. The average Bonchev–Trinajstić information content (AvgIpc) is 3.02. The fraction of sp³-hybridized carbons (Fsp3) is 0.294. The van der Waals surface area contributed by atoms with Gasteiger partial charge in [0, 0.05) is 43.0 Å². The van der Waals surface area contributed by atoms with Crippen LogP contribution in [-0.4, -0.2) is 63.3 Å². The third kappa shape index (κ3) is 4.91. The topological polar surface area (TPSA) is 83.6 Å². The van der Waals surface area contributed by atoms with Gasteiger partial charge in [-0.2, -0.15) is 13.2 Å². The van der Waals surface area contributed by atoms with Crippen LogP contribution in [0.3, 0.4) is 0 Å². The molecular formula is C17H18F3N5O2S. The summed E-state index contributed by atoms with van der Waals surface area (Å²) in [6.45, 7) is 1.92. The lowest BCUT2D eigenvalue weighted by Crippen LogP contribution is -2.25. The van der Waals surface area contributed by atoms with E-state index < -0.39 is 11.9 Å². The molecule has 2 aromatic rings. The van der Waals surface area contributed by atoms with E-state index in [1.807, 2.05) is 6.92 Å². The van der Waals surface area contributed by atoms with E-state index in [-0.39, 0.29) is 11.5 Å². The molecule has 11 heteroatoms. The standard InChI is InChI=1S/C17H18F3N5O2S/c1-4-28-13-5-11(8-22-27)7-21-16(13)12-9-25(10-26)15(23-12)6-14(24(2)3)17(18,19)20/h5-10,27H,4H2,1-3H3/b14-6-,22-8+. The fourth-order valence-corrected chi connectivity index (χ4v) is 3.18. The smallest absolute Gasteiger partial charge is 0.411 e. The molecule has 2 heterocycles. The molecule has 7 nitrogen and oxygen atoms in total. The van der Waals surface area contributed by atoms with Gasteiger partial charge in [-0.15, -0.1) is 11.8 Å². The monoisotopic (exact) mass is 413 g/mol. The number of nitrogens with zero attached hydrogens (tertiary/aromatic N) is 5. The summed E-state index contributed by atoms with van der Waals surface area (Å²) >= 11 is 1.44. The lowest BCUT2D eigenvalue weighted by Gasteiger charge is -2.19. The highest BCUT2D eigenvalue weighted by molar-refractivity contribution is 7.99. The highest BCUT2D eigenvalue weighted by Crippen LogP contribution is 2.32. The van der Waals surface area contributed by atoms with Crippen molar-refractivity contribution >= 4 is 30.5 Å². The highest BCUT2D eigenvalue weighted by Gasteiger charge is 2.35. The fourth-order valence-electron chi connectivity index (χ4n) is 2.35. The lowest BCUT2D eigenvalue weighted by atomic mass is 10.2. The summed E-state index contributed by atoms with van der Waals surface area (Å²) in [5, 5.41) is 11.6. The molecule has 0 aliphatic rings. The molecule has 2 rings (SSSR count). The van der Waals surface area contributed by atoms with Crippen molar-refractivity contribution in [1.82, 2.24) is 19.4 Å². The molecule has 0 aromatic carbocycles. The zero-order valence-electron chi connectivity index (χ0n) is 15.3. The Labute approximate surface area is 163 Å². The number of rotatable bonds is 7. The first-order valence-corrected chi connectivity index (χ1v) is 9.00. The average molecular weight is 413 g/mol. The molecule has 0 fully saturated rings. The molecule has 0 radical (unpaired) electrons. The van der Waals surface area contributed by atoms with Crippen LogP contribution in [0.4, 0.5) is 13.2 Å². The molecule has 0 atom stereocenters. The summed E-state index contributed by atoms with van der Waals surface area (Å²) in [6.07, 6.45) is 0.551. The van der Waals surface area contributed by atoms with E-state index in [0.29, 0.717) is 28.3 Å². The summed E-state index contributed by atoms with van der Waals surface area (Å²) in [6, 6.07) is 1.71. The number of carbonyl (C=O) groups excluding carboxylic acids is 1. The molecule has 0 bridgehead atoms. The van der Waals surface area contributed by atoms with E-state index >= 15 is 0 Å². The molecule has 2 aromatic heterocycles. The largest absolute Gasteiger partial charge is 0.431 e. The number of imidazole rings is 1. The van der Waals surface area contributed by atoms with Crippen LogP contribution in [-0.2, 0) is 4.79 Å². The summed E-state index contributed by atoms with van der Waals surface area (Å²) in [7, 11) is 2.51. The Hall–Kier alpha value is -2.82. The minimum absolute atomic E-state index is 0.165. The number of aromatic nitrogens is 3. The van der Waals surface area contributed by atoms with E-state index in [0.717, 1.165) is 15.5 Å². The number of halogens is 3. The van der Waals surface area contributed by atoms with Crippen molar-refractivity contribution in [2.75, 3.05) is 19.8 Å². The van der Waals surface area contributed by atoms with Crippen LogP contribution in [0.25, 0.3) is 17.5 Å². The molecule has 0 spiro atoms. The second kappa shape index (κ2) is 8.91. The Balaban J connectivity index is 2.59. The maximum absolute atomic E-state index is 13.2. The molecule has 0 saturated carbocycles. The Kier molecular flexibility index (Phi) is 6.84. The van der Waals surface area contributed by atoms with Crippen LogP contribution >= 0.6 is 11.8 Å². The molecule has 1 N–H and O–H groups in total. The van der Waals surface area contributed by atoms with E-state index in [4.69, 9.17) is 5.21 Å². The molecule has 28 heavy (non-hydrogen) atoms. The second-order valence-corrected chi connectivity index (χ2v) is 7.02. The van der Waals surface area contributed by atoms with Gasteiger partial charge in [0.1, 0.15) is 22.9 Å². The maximum Gasteiger partial charge on any atom is 0.431 e. The van der Waals surface area contributed by atoms with Gasteiger partial charge in [0.15, 0.2) is 0 Å². The number of thioether (sulfide) groups is 1. The predicted octanol–water partition coefficient (Wildman–Crippen LogP) is 3.37. The zero-order chi connectivity index (χ0) is 20.9. The third-order valence-electron chi connectivity index (χ3n) is 3.54. The molecule has 150 valence electrons. The van der Waals surface area contributed by atoms with Gasteiger partial charge in [-0.1, -0.05) is 12.1 Å². The number of allylic oxidation sites excluding steroid dienone is 1. The normalized spacial score (nSPS) is 12.6. The molecule has 0 aliphatic heterocycles. The molecule has 0 unspecified atom stereocenters. The van der Waals surface area contributed by atoms with Gasteiger partial charge in [-0.25, -0.2) is 4.98 Å². The van der Waals surface area contributed by atoms with Crippen molar-refractivity contribution in [2.45, 2.75) is 18.0 Å². The van der Waals surface area contributed by atoms with Gasteiger partial charge in [-0.3, -0.25) is 14.3 Å². The van der Waals surface area contributed by atoms with E-state index in [9.17, 15) is 18.0 Å². The van der Waals surface area contributed by atoms with Gasteiger partial charge in [0.2, 0.25) is 6.41 Å². The number of pyridine rings is 1.